The molecule has 0 aromatic heterocycles. The molecule has 1 aliphatic carbocycles. The number of carbonyl (C=O) groups is 2. The zero-order valence-corrected chi connectivity index (χ0v) is 9.48. The predicted molar refractivity (Wildman–Crippen MR) is 56.3 cm³/mol. The highest BCUT2D eigenvalue weighted by molar-refractivity contribution is 5.85. The molecule has 1 atom stereocenters. The van der Waals surface area contributed by atoms with E-state index in [1.807, 2.05) is 0 Å². The Bertz CT molecular complexity index is 282. The van der Waals surface area contributed by atoms with Crippen molar-refractivity contribution in [2.75, 3.05) is 6.54 Å². The Morgan fingerprint density at radius 3 is 2.31 bits per heavy atom. The van der Waals surface area contributed by atoms with Crippen LogP contribution in [0.5, 0.6) is 0 Å². The number of amides is 1. The van der Waals surface area contributed by atoms with Gasteiger partial charge in [-0.1, -0.05) is 25.7 Å². The van der Waals surface area contributed by atoms with Crippen LogP contribution in [0.15, 0.2) is 0 Å². The molecule has 4 nitrogen and oxygen atoms in total. The zero-order chi connectivity index (χ0) is 11.5. The summed E-state index contributed by atoms with van der Waals surface area (Å²) in [7, 11) is 0. The quantitative estimate of drug-likeness (QED) is 0.634. The van der Waals surface area contributed by atoms with E-state index in [-0.39, 0.29) is 18.4 Å². The zero-order valence-electron chi connectivity index (χ0n) is 9.48. The van der Waals surface area contributed by atoms with E-state index in [1.165, 1.54) is 12.8 Å². The summed E-state index contributed by atoms with van der Waals surface area (Å²) in [6.07, 6.45) is 7.00. The van der Waals surface area contributed by atoms with Gasteiger partial charge in [-0.2, -0.15) is 0 Å². The number of carboxylic acid groups (broad SMARTS) is 1. The Labute approximate surface area is 95.6 Å². The molecule has 0 aromatic carbocycles. The van der Waals surface area contributed by atoms with Crippen LogP contribution in [0.25, 0.3) is 0 Å². The molecule has 90 valence electrons. The summed E-state index contributed by atoms with van der Waals surface area (Å²) in [6, 6.07) is 0.277. The minimum Gasteiger partial charge on any atom is -0.550 e. The molecule has 0 N–H and O–H groups in total. The van der Waals surface area contributed by atoms with E-state index < -0.39 is 11.9 Å². The van der Waals surface area contributed by atoms with E-state index in [0.29, 0.717) is 6.54 Å². The number of likely N-dealkylation sites (tertiary alicyclic amines) is 1. The van der Waals surface area contributed by atoms with Crippen molar-refractivity contribution in [3.05, 3.63) is 0 Å². The van der Waals surface area contributed by atoms with E-state index in [1.54, 1.807) is 4.90 Å². The lowest BCUT2D eigenvalue weighted by Crippen LogP contribution is -2.38. The maximum Gasteiger partial charge on any atom is 0.223 e. The number of nitrogens with zero attached hydrogens (tertiary/aromatic N) is 1. The van der Waals surface area contributed by atoms with Gasteiger partial charge in [0.05, 0.1) is 0 Å². The van der Waals surface area contributed by atoms with Gasteiger partial charge < -0.3 is 14.8 Å². The van der Waals surface area contributed by atoms with Crippen LogP contribution in [0.4, 0.5) is 0 Å². The summed E-state index contributed by atoms with van der Waals surface area (Å²) in [4.78, 5) is 24.3. The lowest BCUT2D eigenvalue weighted by Gasteiger charge is -2.27. The van der Waals surface area contributed by atoms with Gasteiger partial charge in [0.2, 0.25) is 5.91 Å². The summed E-state index contributed by atoms with van der Waals surface area (Å²) < 4.78 is 0. The molecule has 2 rings (SSSR count). The maximum absolute atomic E-state index is 11.7. The molecule has 1 unspecified atom stereocenters. The van der Waals surface area contributed by atoms with Gasteiger partial charge in [0.25, 0.3) is 0 Å². The van der Waals surface area contributed by atoms with E-state index in [4.69, 9.17) is 0 Å². The van der Waals surface area contributed by atoms with E-state index >= 15 is 0 Å². The molecule has 1 saturated carbocycles. The third-order valence-corrected chi connectivity index (χ3v) is 3.76. The largest absolute Gasteiger partial charge is 0.550 e. The van der Waals surface area contributed by atoms with Crippen LogP contribution in [-0.4, -0.2) is 29.4 Å². The van der Waals surface area contributed by atoms with Gasteiger partial charge in [-0.05, 0) is 12.8 Å². The molecule has 0 radical (unpaired) electrons. The monoisotopic (exact) mass is 224 g/mol. The van der Waals surface area contributed by atoms with Gasteiger partial charge in [-0.15, -0.1) is 0 Å². The molecular formula is C12H18NO3-. The highest BCUT2D eigenvalue weighted by atomic mass is 16.4. The van der Waals surface area contributed by atoms with Crippen LogP contribution in [0, 0.1) is 5.92 Å². The van der Waals surface area contributed by atoms with Gasteiger partial charge in [0.1, 0.15) is 0 Å². The van der Waals surface area contributed by atoms with Crippen LogP contribution >= 0.6 is 0 Å². The van der Waals surface area contributed by atoms with Crippen molar-refractivity contribution in [2.24, 2.45) is 5.92 Å². The Balaban J connectivity index is 1.98. The predicted octanol–water partition coefficient (Wildman–Crippen LogP) is 0.308. The Morgan fingerprint density at radius 1 is 1.19 bits per heavy atom. The Morgan fingerprint density at radius 2 is 1.81 bits per heavy atom. The van der Waals surface area contributed by atoms with Crippen LogP contribution in [-0.2, 0) is 9.59 Å². The number of hydrogen-bond acceptors (Lipinski definition) is 3. The molecule has 16 heavy (non-hydrogen) atoms. The summed E-state index contributed by atoms with van der Waals surface area (Å²) in [6.45, 7) is 0.367. The summed E-state index contributed by atoms with van der Waals surface area (Å²) >= 11 is 0. The third-order valence-electron chi connectivity index (χ3n) is 3.76. The van der Waals surface area contributed by atoms with Gasteiger partial charge in [0.15, 0.2) is 0 Å². The first-order valence-corrected chi connectivity index (χ1v) is 6.19. The number of aliphatic carboxylic acids is 1. The van der Waals surface area contributed by atoms with Crippen LogP contribution in [0.2, 0.25) is 0 Å². The van der Waals surface area contributed by atoms with Gasteiger partial charge in [-0.25, -0.2) is 0 Å². The molecule has 0 aromatic rings. The SMILES string of the molecule is O=C([O-])C1CC(=O)N(C2CCCCCC2)C1. The number of rotatable bonds is 2. The fourth-order valence-electron chi connectivity index (χ4n) is 2.81. The molecular weight excluding hydrogens is 206 g/mol. The maximum atomic E-state index is 11.7. The molecule has 1 amide bonds. The van der Waals surface area contributed by atoms with Gasteiger partial charge in [0, 0.05) is 30.9 Å². The van der Waals surface area contributed by atoms with Crippen molar-refractivity contribution in [2.45, 2.75) is 51.0 Å². The summed E-state index contributed by atoms with van der Waals surface area (Å²) in [5.74, 6) is -1.67. The summed E-state index contributed by atoms with van der Waals surface area (Å²) in [5, 5.41) is 10.8. The highest BCUT2D eigenvalue weighted by Crippen LogP contribution is 2.27. The van der Waals surface area contributed by atoms with Crippen molar-refractivity contribution < 1.29 is 14.7 Å². The fraction of sp³-hybridized carbons (Fsp3) is 0.833. The molecule has 2 aliphatic rings. The van der Waals surface area contributed by atoms with E-state index in [0.717, 1.165) is 25.7 Å². The van der Waals surface area contributed by atoms with Gasteiger partial charge >= 0.3 is 0 Å². The second-order valence-corrected chi connectivity index (χ2v) is 4.91. The second-order valence-electron chi connectivity index (χ2n) is 4.91. The standard InChI is InChI=1S/C12H19NO3/c14-11-7-9(12(15)16)8-13(11)10-5-3-1-2-4-6-10/h9-10H,1-8H2,(H,15,16)/p-1. The molecule has 1 aliphatic heterocycles. The smallest absolute Gasteiger partial charge is 0.223 e. The number of carboxylic acids is 1. The molecule has 0 spiro atoms. The first-order valence-electron chi connectivity index (χ1n) is 6.19. The van der Waals surface area contributed by atoms with Crippen LogP contribution in [0.3, 0.4) is 0 Å². The average Bonchev–Trinajstić information content (AvgIpc) is 2.50. The molecule has 4 heteroatoms. The minimum absolute atomic E-state index is 0.00102. The topological polar surface area (TPSA) is 60.4 Å². The number of carbonyl (C=O) groups excluding carboxylic acids is 2. The Hall–Kier alpha value is -1.06. The van der Waals surface area contributed by atoms with Crippen molar-refractivity contribution in [1.29, 1.82) is 0 Å². The lowest BCUT2D eigenvalue weighted by molar-refractivity contribution is -0.311. The first kappa shape index (κ1) is 11.4. The average molecular weight is 224 g/mol. The Kier molecular flexibility index (Phi) is 3.46. The van der Waals surface area contributed by atoms with Crippen LogP contribution < -0.4 is 5.11 Å². The first-order chi connectivity index (χ1) is 7.68. The molecule has 2 fully saturated rings. The molecule has 1 saturated heterocycles. The summed E-state index contributed by atoms with van der Waals surface area (Å²) in [5.41, 5.74) is 0. The second kappa shape index (κ2) is 4.85. The normalized spacial score (nSPS) is 28.1. The van der Waals surface area contributed by atoms with E-state index in [9.17, 15) is 14.7 Å². The van der Waals surface area contributed by atoms with E-state index in [2.05, 4.69) is 0 Å². The van der Waals surface area contributed by atoms with Gasteiger partial charge in [-0.3, -0.25) is 4.79 Å². The molecule has 0 bridgehead atoms. The lowest BCUT2D eigenvalue weighted by atomic mass is 10.1. The fourth-order valence-corrected chi connectivity index (χ4v) is 2.81. The van der Waals surface area contributed by atoms with Crippen molar-refractivity contribution in [1.82, 2.24) is 4.90 Å². The minimum atomic E-state index is -1.08. The van der Waals surface area contributed by atoms with Crippen molar-refractivity contribution in [3.8, 4) is 0 Å². The van der Waals surface area contributed by atoms with Crippen molar-refractivity contribution >= 4 is 11.9 Å². The molecule has 1 heterocycles. The number of hydrogen-bond donors (Lipinski definition) is 0. The van der Waals surface area contributed by atoms with Crippen molar-refractivity contribution in [3.63, 3.8) is 0 Å². The van der Waals surface area contributed by atoms with Crippen LogP contribution in [0.1, 0.15) is 44.9 Å². The third kappa shape index (κ3) is 2.36. The highest BCUT2D eigenvalue weighted by Gasteiger charge is 2.34.